The van der Waals surface area contributed by atoms with Gasteiger partial charge in [-0.2, -0.15) is 0 Å². The molecular formula is C23H34N2O2. The van der Waals surface area contributed by atoms with Crippen LogP contribution in [0.2, 0.25) is 0 Å². The highest BCUT2D eigenvalue weighted by molar-refractivity contribution is 5.84. The molecule has 1 heterocycles. The quantitative estimate of drug-likeness (QED) is 0.846. The second-order valence-corrected chi connectivity index (χ2v) is 9.02. The first kappa shape index (κ1) is 19.9. The molecule has 3 rings (SSSR count). The molecule has 148 valence electrons. The fraction of sp³-hybridized carbons (Fsp3) is 0.652. The van der Waals surface area contributed by atoms with E-state index in [1.54, 1.807) is 0 Å². The molecule has 1 aromatic carbocycles. The summed E-state index contributed by atoms with van der Waals surface area (Å²) in [4.78, 5) is 27.3. The molecule has 1 aliphatic carbocycles. The third kappa shape index (κ3) is 5.12. The summed E-state index contributed by atoms with van der Waals surface area (Å²) in [5.74, 6) is 0.814. The smallest absolute Gasteiger partial charge is 0.225 e. The molecule has 1 N–H and O–H groups in total. The predicted octanol–water partition coefficient (Wildman–Crippen LogP) is 4.17. The van der Waals surface area contributed by atoms with E-state index >= 15 is 0 Å². The van der Waals surface area contributed by atoms with Gasteiger partial charge in [-0.15, -0.1) is 0 Å². The zero-order valence-corrected chi connectivity index (χ0v) is 17.1. The van der Waals surface area contributed by atoms with Gasteiger partial charge in [-0.1, -0.05) is 49.1 Å². The van der Waals surface area contributed by atoms with E-state index in [1.165, 1.54) is 37.7 Å². The van der Waals surface area contributed by atoms with Crippen LogP contribution in [0.3, 0.4) is 0 Å². The van der Waals surface area contributed by atoms with E-state index in [0.717, 1.165) is 12.1 Å². The summed E-state index contributed by atoms with van der Waals surface area (Å²) in [5, 5.41) is 3.22. The molecule has 0 spiro atoms. The minimum absolute atomic E-state index is 0.0710. The van der Waals surface area contributed by atoms with Crippen molar-refractivity contribution in [2.45, 2.75) is 71.3 Å². The highest BCUT2D eigenvalue weighted by atomic mass is 16.2. The van der Waals surface area contributed by atoms with E-state index in [9.17, 15) is 9.59 Å². The third-order valence-corrected chi connectivity index (χ3v) is 6.28. The lowest BCUT2D eigenvalue weighted by atomic mass is 9.87. The van der Waals surface area contributed by atoms with Crippen molar-refractivity contribution in [1.29, 1.82) is 0 Å². The van der Waals surface area contributed by atoms with E-state index in [0.29, 0.717) is 25.3 Å². The first-order valence-corrected chi connectivity index (χ1v) is 10.5. The van der Waals surface area contributed by atoms with Crippen molar-refractivity contribution in [3.05, 3.63) is 35.4 Å². The summed E-state index contributed by atoms with van der Waals surface area (Å²) in [6.45, 7) is 7.57. The Bertz CT molecular complexity index is 659. The number of hydrogen-bond acceptors (Lipinski definition) is 2. The minimum Gasteiger partial charge on any atom is -0.347 e. The molecule has 1 saturated carbocycles. The van der Waals surface area contributed by atoms with Crippen LogP contribution in [-0.2, 0) is 15.1 Å². The molecule has 1 atom stereocenters. The van der Waals surface area contributed by atoms with Crippen molar-refractivity contribution in [1.82, 2.24) is 10.2 Å². The lowest BCUT2D eigenvalue weighted by Crippen LogP contribution is -2.50. The molecule has 27 heavy (non-hydrogen) atoms. The predicted molar refractivity (Wildman–Crippen MR) is 108 cm³/mol. The Hall–Kier alpha value is -1.84. The summed E-state index contributed by atoms with van der Waals surface area (Å²) in [7, 11) is 0. The van der Waals surface area contributed by atoms with Gasteiger partial charge in [-0.3, -0.25) is 9.59 Å². The van der Waals surface area contributed by atoms with Crippen LogP contribution in [-0.4, -0.2) is 29.8 Å². The van der Waals surface area contributed by atoms with Gasteiger partial charge < -0.3 is 10.2 Å². The Morgan fingerprint density at radius 2 is 1.78 bits per heavy atom. The SMILES string of the molecule is Cc1ccc(C(C)(C)NC(=O)[C@@H]2CCC(=O)N(CC3CCCCC3)C2)cc1. The van der Waals surface area contributed by atoms with Gasteiger partial charge in [0.15, 0.2) is 0 Å². The largest absolute Gasteiger partial charge is 0.347 e. The summed E-state index contributed by atoms with van der Waals surface area (Å²) in [5.41, 5.74) is 1.90. The number of nitrogens with zero attached hydrogens (tertiary/aromatic N) is 1. The lowest BCUT2D eigenvalue weighted by molar-refractivity contribution is -0.139. The highest BCUT2D eigenvalue weighted by Gasteiger charge is 2.34. The van der Waals surface area contributed by atoms with Gasteiger partial charge in [-0.25, -0.2) is 0 Å². The monoisotopic (exact) mass is 370 g/mol. The number of piperidine rings is 1. The summed E-state index contributed by atoms with van der Waals surface area (Å²) in [6, 6.07) is 8.31. The van der Waals surface area contributed by atoms with E-state index in [-0.39, 0.29) is 17.7 Å². The summed E-state index contributed by atoms with van der Waals surface area (Å²) >= 11 is 0. The number of rotatable bonds is 5. The number of carbonyl (C=O) groups excluding carboxylic acids is 2. The van der Waals surface area contributed by atoms with Crippen LogP contribution in [0.1, 0.15) is 69.9 Å². The molecule has 4 nitrogen and oxygen atoms in total. The van der Waals surface area contributed by atoms with Crippen LogP contribution in [0.5, 0.6) is 0 Å². The van der Waals surface area contributed by atoms with E-state index in [1.807, 2.05) is 18.7 Å². The van der Waals surface area contributed by atoms with Gasteiger partial charge in [0.2, 0.25) is 11.8 Å². The first-order chi connectivity index (χ1) is 12.8. The number of nitrogens with one attached hydrogen (secondary N) is 1. The Labute approximate surface area is 163 Å². The number of likely N-dealkylation sites (tertiary alicyclic amines) is 1. The van der Waals surface area contributed by atoms with Crippen molar-refractivity contribution in [3.63, 3.8) is 0 Å². The number of hydrogen-bond donors (Lipinski definition) is 1. The molecule has 2 amide bonds. The Morgan fingerprint density at radius 1 is 1.11 bits per heavy atom. The molecule has 2 fully saturated rings. The van der Waals surface area contributed by atoms with Crippen molar-refractivity contribution in [2.75, 3.05) is 13.1 Å². The van der Waals surface area contributed by atoms with Crippen molar-refractivity contribution in [2.24, 2.45) is 11.8 Å². The number of aryl methyl sites for hydroxylation is 1. The van der Waals surface area contributed by atoms with Crippen LogP contribution in [0.15, 0.2) is 24.3 Å². The fourth-order valence-electron chi connectivity index (χ4n) is 4.44. The van der Waals surface area contributed by atoms with E-state index in [4.69, 9.17) is 0 Å². The molecule has 0 radical (unpaired) electrons. The van der Waals surface area contributed by atoms with Crippen LogP contribution in [0.4, 0.5) is 0 Å². The highest BCUT2D eigenvalue weighted by Crippen LogP contribution is 2.28. The van der Waals surface area contributed by atoms with Crippen LogP contribution in [0, 0.1) is 18.8 Å². The number of amides is 2. The zero-order chi connectivity index (χ0) is 19.4. The maximum Gasteiger partial charge on any atom is 0.225 e. The van der Waals surface area contributed by atoms with Crippen molar-refractivity contribution >= 4 is 11.8 Å². The Kier molecular flexibility index (Phi) is 6.23. The Morgan fingerprint density at radius 3 is 2.44 bits per heavy atom. The van der Waals surface area contributed by atoms with Gasteiger partial charge in [0, 0.05) is 19.5 Å². The summed E-state index contributed by atoms with van der Waals surface area (Å²) < 4.78 is 0. The molecular weight excluding hydrogens is 336 g/mol. The Balaban J connectivity index is 1.60. The van der Waals surface area contributed by atoms with Crippen LogP contribution < -0.4 is 5.32 Å². The number of carbonyl (C=O) groups is 2. The zero-order valence-electron chi connectivity index (χ0n) is 17.1. The van der Waals surface area contributed by atoms with E-state index < -0.39 is 5.54 Å². The number of benzene rings is 1. The minimum atomic E-state index is -0.416. The van der Waals surface area contributed by atoms with Crippen LogP contribution in [0.25, 0.3) is 0 Å². The van der Waals surface area contributed by atoms with Gasteiger partial charge in [0.25, 0.3) is 0 Å². The summed E-state index contributed by atoms with van der Waals surface area (Å²) in [6.07, 6.45) is 7.49. The molecule has 2 aliphatic rings. The van der Waals surface area contributed by atoms with Gasteiger partial charge >= 0.3 is 0 Å². The molecule has 1 saturated heterocycles. The van der Waals surface area contributed by atoms with Gasteiger partial charge in [-0.05, 0) is 51.5 Å². The molecule has 0 bridgehead atoms. The average molecular weight is 371 g/mol. The van der Waals surface area contributed by atoms with Crippen molar-refractivity contribution < 1.29 is 9.59 Å². The standard InChI is InChI=1S/C23H34N2O2/c1-17-9-12-20(13-10-17)23(2,3)24-22(27)19-11-14-21(26)25(16-19)15-18-7-5-4-6-8-18/h9-10,12-13,18-19H,4-8,11,14-16H2,1-3H3,(H,24,27)/t19-/m1/s1. The molecule has 1 aliphatic heterocycles. The molecule has 0 unspecified atom stereocenters. The average Bonchev–Trinajstić information content (AvgIpc) is 2.64. The molecule has 0 aromatic heterocycles. The van der Waals surface area contributed by atoms with Gasteiger partial charge in [0.1, 0.15) is 0 Å². The topological polar surface area (TPSA) is 49.4 Å². The molecule has 1 aromatic rings. The lowest BCUT2D eigenvalue weighted by Gasteiger charge is -2.37. The van der Waals surface area contributed by atoms with Crippen molar-refractivity contribution in [3.8, 4) is 0 Å². The third-order valence-electron chi connectivity index (χ3n) is 6.28. The normalized spacial score (nSPS) is 22.0. The van der Waals surface area contributed by atoms with Crippen LogP contribution >= 0.6 is 0 Å². The maximum atomic E-state index is 12.9. The second-order valence-electron chi connectivity index (χ2n) is 9.02. The fourth-order valence-corrected chi connectivity index (χ4v) is 4.44. The van der Waals surface area contributed by atoms with E-state index in [2.05, 4.69) is 36.5 Å². The first-order valence-electron chi connectivity index (χ1n) is 10.5. The second kappa shape index (κ2) is 8.45. The molecule has 4 heteroatoms. The maximum absolute atomic E-state index is 12.9. The van der Waals surface area contributed by atoms with Gasteiger partial charge in [0.05, 0.1) is 11.5 Å².